The van der Waals surface area contributed by atoms with Gasteiger partial charge in [-0.25, -0.2) is 4.39 Å². The lowest BCUT2D eigenvalue weighted by atomic mass is 10.1. The maximum atomic E-state index is 13.6. The average Bonchev–Trinajstić information content (AvgIpc) is 2.86. The molecule has 0 bridgehead atoms. The molecule has 0 saturated heterocycles. The molecule has 0 atom stereocenters. The van der Waals surface area contributed by atoms with E-state index in [2.05, 4.69) is 15.9 Å². The smallest absolute Gasteiger partial charge is 0.229 e. The maximum Gasteiger partial charge on any atom is 0.229 e. The van der Waals surface area contributed by atoms with Crippen LogP contribution in [0.15, 0.2) is 51.4 Å². The number of anilines is 1. The van der Waals surface area contributed by atoms with E-state index in [-0.39, 0.29) is 17.1 Å². The Hall–Kier alpha value is -2.14. The number of nitrogen functional groups attached to an aromatic ring is 1. The average molecular weight is 334 g/mol. The Morgan fingerprint density at radius 2 is 2.00 bits per heavy atom. The zero-order valence-electron chi connectivity index (χ0n) is 10.2. The molecule has 20 heavy (non-hydrogen) atoms. The van der Waals surface area contributed by atoms with Crippen LogP contribution in [0.4, 0.5) is 10.1 Å². The first-order valence-corrected chi connectivity index (χ1v) is 6.63. The van der Waals surface area contributed by atoms with Crippen LogP contribution in [0.1, 0.15) is 16.1 Å². The number of furan rings is 1. The number of fused-ring (bicyclic) bond motifs is 1. The highest BCUT2D eigenvalue weighted by molar-refractivity contribution is 9.10. The van der Waals surface area contributed by atoms with E-state index < -0.39 is 5.82 Å². The molecule has 0 radical (unpaired) electrons. The number of halogens is 2. The molecule has 0 aliphatic carbocycles. The lowest BCUT2D eigenvalue weighted by Crippen LogP contribution is -2.02. The molecule has 2 N–H and O–H groups in total. The highest BCUT2D eigenvalue weighted by Crippen LogP contribution is 2.27. The van der Waals surface area contributed by atoms with Gasteiger partial charge in [0.2, 0.25) is 5.78 Å². The lowest BCUT2D eigenvalue weighted by Gasteiger charge is -2.02. The Morgan fingerprint density at radius 1 is 1.20 bits per heavy atom. The van der Waals surface area contributed by atoms with Crippen LogP contribution in [-0.2, 0) is 0 Å². The van der Waals surface area contributed by atoms with Crippen molar-refractivity contribution in [1.29, 1.82) is 0 Å². The summed E-state index contributed by atoms with van der Waals surface area (Å²) < 4.78 is 19.5. The van der Waals surface area contributed by atoms with Crippen molar-refractivity contribution >= 4 is 38.4 Å². The Bertz CT molecular complexity index is 826. The predicted molar refractivity (Wildman–Crippen MR) is 78.2 cm³/mol. The Balaban J connectivity index is 2.13. The van der Waals surface area contributed by atoms with Crippen molar-refractivity contribution in [2.24, 2.45) is 0 Å². The molecule has 0 aliphatic heterocycles. The molecule has 5 heteroatoms. The number of benzene rings is 2. The summed E-state index contributed by atoms with van der Waals surface area (Å²) in [4.78, 5) is 12.4. The van der Waals surface area contributed by atoms with E-state index in [0.717, 1.165) is 0 Å². The summed E-state index contributed by atoms with van der Waals surface area (Å²) >= 11 is 3.29. The third kappa shape index (κ3) is 2.10. The first kappa shape index (κ1) is 12.9. The van der Waals surface area contributed by atoms with E-state index in [1.165, 1.54) is 12.1 Å². The second-order valence-corrected chi connectivity index (χ2v) is 5.19. The number of ketones is 1. The lowest BCUT2D eigenvalue weighted by molar-refractivity contribution is 0.101. The molecule has 3 nitrogen and oxygen atoms in total. The highest BCUT2D eigenvalue weighted by Gasteiger charge is 2.18. The van der Waals surface area contributed by atoms with Crippen molar-refractivity contribution in [2.45, 2.75) is 0 Å². The predicted octanol–water partition coefficient (Wildman–Crippen LogP) is 4.15. The summed E-state index contributed by atoms with van der Waals surface area (Å²) in [7, 11) is 0. The second-order valence-electron chi connectivity index (χ2n) is 4.34. The van der Waals surface area contributed by atoms with Crippen LogP contribution in [0, 0.1) is 5.82 Å². The Morgan fingerprint density at radius 3 is 2.75 bits per heavy atom. The molecule has 0 spiro atoms. The van der Waals surface area contributed by atoms with Gasteiger partial charge in [0, 0.05) is 21.1 Å². The van der Waals surface area contributed by atoms with Crippen LogP contribution in [0.5, 0.6) is 0 Å². The van der Waals surface area contributed by atoms with Gasteiger partial charge in [-0.05, 0) is 30.3 Å². The van der Waals surface area contributed by atoms with Gasteiger partial charge in [-0.15, -0.1) is 0 Å². The maximum absolute atomic E-state index is 13.6. The molecule has 2 aromatic carbocycles. The molecule has 100 valence electrons. The third-order valence-corrected chi connectivity index (χ3v) is 3.65. The Kier molecular flexibility index (Phi) is 3.06. The topological polar surface area (TPSA) is 56.2 Å². The minimum atomic E-state index is -0.492. The molecule has 3 aromatic rings. The van der Waals surface area contributed by atoms with Gasteiger partial charge in [-0.3, -0.25) is 4.79 Å². The fraction of sp³-hybridized carbons (Fsp3) is 0. The number of carbonyl (C=O) groups is 1. The summed E-state index contributed by atoms with van der Waals surface area (Å²) in [5, 5.41) is 0.549. The monoisotopic (exact) mass is 333 g/mol. The zero-order valence-corrected chi connectivity index (χ0v) is 11.8. The summed E-state index contributed by atoms with van der Waals surface area (Å²) in [6.07, 6.45) is 0. The summed E-state index contributed by atoms with van der Waals surface area (Å²) in [5.41, 5.74) is 6.61. The number of hydrogen-bond acceptors (Lipinski definition) is 3. The molecule has 0 saturated carbocycles. The van der Waals surface area contributed by atoms with Gasteiger partial charge in [0.1, 0.15) is 0 Å². The van der Waals surface area contributed by atoms with Gasteiger partial charge in [-0.2, -0.15) is 0 Å². The van der Waals surface area contributed by atoms with E-state index in [9.17, 15) is 9.18 Å². The van der Waals surface area contributed by atoms with Crippen LogP contribution in [0.3, 0.4) is 0 Å². The molecule has 0 unspecified atom stereocenters. The minimum Gasteiger partial charge on any atom is -0.449 e. The first-order chi connectivity index (χ1) is 9.56. The van der Waals surface area contributed by atoms with Crippen LogP contribution in [-0.4, -0.2) is 5.78 Å². The van der Waals surface area contributed by atoms with Crippen LogP contribution < -0.4 is 5.73 Å². The van der Waals surface area contributed by atoms with E-state index in [4.69, 9.17) is 10.2 Å². The van der Waals surface area contributed by atoms with Crippen molar-refractivity contribution < 1.29 is 13.6 Å². The van der Waals surface area contributed by atoms with Crippen LogP contribution >= 0.6 is 15.9 Å². The Labute approximate surface area is 122 Å². The van der Waals surface area contributed by atoms with Gasteiger partial charge < -0.3 is 10.2 Å². The zero-order chi connectivity index (χ0) is 14.3. The van der Waals surface area contributed by atoms with E-state index in [1.807, 2.05) is 0 Å². The number of hydrogen-bond donors (Lipinski definition) is 1. The normalized spacial score (nSPS) is 10.9. The van der Waals surface area contributed by atoms with Crippen molar-refractivity contribution in [3.05, 3.63) is 64.1 Å². The fourth-order valence-electron chi connectivity index (χ4n) is 1.99. The summed E-state index contributed by atoms with van der Waals surface area (Å²) in [5.74, 6) is -0.760. The number of rotatable bonds is 2. The molecule has 3 rings (SSSR count). The van der Waals surface area contributed by atoms with Crippen molar-refractivity contribution in [3.8, 4) is 0 Å². The van der Waals surface area contributed by atoms with E-state index in [0.29, 0.717) is 21.1 Å². The fourth-order valence-corrected chi connectivity index (χ4v) is 2.42. The van der Waals surface area contributed by atoms with Gasteiger partial charge in [0.25, 0.3) is 0 Å². The SMILES string of the molecule is Nc1ccc(Br)c(C(=O)c2cc3cccc(F)c3o2)c1. The molecule has 1 heterocycles. The molecule has 0 aliphatic rings. The molecule has 0 fully saturated rings. The van der Waals surface area contributed by atoms with Crippen molar-refractivity contribution in [1.82, 2.24) is 0 Å². The third-order valence-electron chi connectivity index (χ3n) is 2.95. The molecule has 1 aromatic heterocycles. The van der Waals surface area contributed by atoms with E-state index in [1.54, 1.807) is 30.3 Å². The quantitative estimate of drug-likeness (QED) is 0.566. The van der Waals surface area contributed by atoms with Gasteiger partial charge in [0.15, 0.2) is 17.2 Å². The summed E-state index contributed by atoms with van der Waals surface area (Å²) in [6.45, 7) is 0. The van der Waals surface area contributed by atoms with Crippen molar-refractivity contribution in [2.75, 3.05) is 5.73 Å². The summed E-state index contributed by atoms with van der Waals surface area (Å²) in [6, 6.07) is 11.0. The molecular formula is C15H9BrFNO2. The van der Waals surface area contributed by atoms with Crippen molar-refractivity contribution in [3.63, 3.8) is 0 Å². The minimum absolute atomic E-state index is 0.0795. The number of para-hydroxylation sites is 1. The standard InChI is InChI=1S/C15H9BrFNO2/c16-11-5-4-9(18)7-10(11)14(19)13-6-8-2-1-3-12(17)15(8)20-13/h1-7H,18H2. The molecule has 0 amide bonds. The van der Waals surface area contributed by atoms with Gasteiger partial charge in [0.05, 0.1) is 0 Å². The molecular weight excluding hydrogens is 325 g/mol. The largest absolute Gasteiger partial charge is 0.449 e. The highest BCUT2D eigenvalue weighted by atomic mass is 79.9. The van der Waals surface area contributed by atoms with Gasteiger partial charge in [-0.1, -0.05) is 28.1 Å². The second kappa shape index (κ2) is 4.76. The van der Waals surface area contributed by atoms with Gasteiger partial charge >= 0.3 is 0 Å². The van der Waals surface area contributed by atoms with Crippen LogP contribution in [0.2, 0.25) is 0 Å². The van der Waals surface area contributed by atoms with Crippen LogP contribution in [0.25, 0.3) is 11.0 Å². The number of nitrogens with two attached hydrogens (primary N) is 1. The van der Waals surface area contributed by atoms with E-state index >= 15 is 0 Å². The first-order valence-electron chi connectivity index (χ1n) is 5.84. The number of carbonyl (C=O) groups excluding carboxylic acids is 1.